The smallest absolute Gasteiger partial charge is 0.276 e. The Hall–Kier alpha value is -1.68. The molecule has 0 heterocycles. The average Bonchev–Trinajstić information content (AvgIpc) is 2.16. The van der Waals surface area contributed by atoms with Crippen LogP contribution in [0.5, 0.6) is 0 Å². The van der Waals surface area contributed by atoms with Crippen LogP contribution in [0.3, 0.4) is 0 Å². The zero-order valence-corrected chi connectivity index (χ0v) is 6.93. The molecule has 0 aliphatic rings. The van der Waals surface area contributed by atoms with Gasteiger partial charge in [0.25, 0.3) is 5.69 Å². The highest BCUT2D eigenvalue weighted by Crippen LogP contribution is 2.23. The molecule has 13 heavy (non-hydrogen) atoms. The Morgan fingerprint density at radius 1 is 1.54 bits per heavy atom. The Morgan fingerprint density at radius 3 is 2.69 bits per heavy atom. The van der Waals surface area contributed by atoms with Gasteiger partial charge in [-0.2, -0.15) is 0 Å². The van der Waals surface area contributed by atoms with E-state index >= 15 is 0 Å². The van der Waals surface area contributed by atoms with Gasteiger partial charge in [0.1, 0.15) is 0 Å². The standard InChI is InChI=1S/C9H9NO3/c1-7(6-11)8-4-2-3-5-9(8)10(12)13/h2-5,11H,1,6H2. The lowest BCUT2D eigenvalue weighted by atomic mass is 10.1. The molecule has 0 aliphatic carbocycles. The number of benzene rings is 1. The van der Waals surface area contributed by atoms with E-state index in [1.807, 2.05) is 0 Å². The maximum absolute atomic E-state index is 10.5. The first-order chi connectivity index (χ1) is 6.16. The van der Waals surface area contributed by atoms with Gasteiger partial charge in [0.15, 0.2) is 0 Å². The van der Waals surface area contributed by atoms with Gasteiger partial charge in [-0.05, 0) is 11.6 Å². The quantitative estimate of drug-likeness (QED) is 0.566. The molecule has 0 aromatic heterocycles. The third-order valence-corrected chi connectivity index (χ3v) is 1.67. The minimum Gasteiger partial charge on any atom is -0.392 e. The lowest BCUT2D eigenvalue weighted by Gasteiger charge is -2.02. The molecule has 1 aromatic rings. The van der Waals surface area contributed by atoms with Gasteiger partial charge in [0.05, 0.1) is 17.1 Å². The van der Waals surface area contributed by atoms with Crippen molar-refractivity contribution in [1.29, 1.82) is 0 Å². The van der Waals surface area contributed by atoms with E-state index in [2.05, 4.69) is 6.58 Å². The Kier molecular flexibility index (Phi) is 2.76. The van der Waals surface area contributed by atoms with E-state index in [0.29, 0.717) is 11.1 Å². The number of nitro groups is 1. The van der Waals surface area contributed by atoms with Gasteiger partial charge in [-0.15, -0.1) is 0 Å². The molecule has 1 rings (SSSR count). The van der Waals surface area contributed by atoms with Gasteiger partial charge in [0, 0.05) is 6.07 Å². The minimum absolute atomic E-state index is 0.0263. The summed E-state index contributed by atoms with van der Waals surface area (Å²) in [5.41, 5.74) is 0.712. The molecule has 0 spiro atoms. The molecule has 0 radical (unpaired) electrons. The number of nitro benzene ring substituents is 1. The van der Waals surface area contributed by atoms with Crippen molar-refractivity contribution in [3.05, 3.63) is 46.5 Å². The van der Waals surface area contributed by atoms with E-state index in [1.165, 1.54) is 6.07 Å². The summed E-state index contributed by atoms with van der Waals surface area (Å²) in [5, 5.41) is 19.3. The highest BCUT2D eigenvalue weighted by Gasteiger charge is 2.13. The predicted octanol–water partition coefficient (Wildman–Crippen LogP) is 1.60. The van der Waals surface area contributed by atoms with Crippen molar-refractivity contribution in [3.63, 3.8) is 0 Å². The van der Waals surface area contributed by atoms with E-state index in [1.54, 1.807) is 18.2 Å². The van der Waals surface area contributed by atoms with Crippen LogP contribution < -0.4 is 0 Å². The van der Waals surface area contributed by atoms with Crippen LogP contribution in [0.25, 0.3) is 5.57 Å². The van der Waals surface area contributed by atoms with Crippen LogP contribution in [0.2, 0.25) is 0 Å². The van der Waals surface area contributed by atoms with Crippen LogP contribution in [-0.2, 0) is 0 Å². The van der Waals surface area contributed by atoms with Gasteiger partial charge in [-0.25, -0.2) is 0 Å². The molecule has 0 unspecified atom stereocenters. The molecular formula is C9H9NO3. The average molecular weight is 179 g/mol. The fourth-order valence-corrected chi connectivity index (χ4v) is 1.02. The van der Waals surface area contributed by atoms with Gasteiger partial charge in [0.2, 0.25) is 0 Å². The van der Waals surface area contributed by atoms with Crippen LogP contribution in [-0.4, -0.2) is 16.6 Å². The van der Waals surface area contributed by atoms with Gasteiger partial charge in [-0.3, -0.25) is 10.1 Å². The maximum Gasteiger partial charge on any atom is 0.276 e. The second kappa shape index (κ2) is 3.82. The second-order valence-corrected chi connectivity index (χ2v) is 2.54. The number of hydrogen-bond acceptors (Lipinski definition) is 3. The number of aliphatic hydroxyl groups is 1. The molecule has 4 nitrogen and oxygen atoms in total. The van der Waals surface area contributed by atoms with E-state index in [4.69, 9.17) is 5.11 Å². The summed E-state index contributed by atoms with van der Waals surface area (Å²) in [6.07, 6.45) is 0. The number of rotatable bonds is 3. The molecule has 0 aliphatic heterocycles. The van der Waals surface area contributed by atoms with Gasteiger partial charge < -0.3 is 5.11 Å². The summed E-state index contributed by atoms with van der Waals surface area (Å²) >= 11 is 0. The third-order valence-electron chi connectivity index (χ3n) is 1.67. The predicted molar refractivity (Wildman–Crippen MR) is 49.2 cm³/mol. The highest BCUT2D eigenvalue weighted by molar-refractivity contribution is 5.71. The van der Waals surface area contributed by atoms with Crippen molar-refractivity contribution in [2.24, 2.45) is 0 Å². The molecule has 0 bridgehead atoms. The SMILES string of the molecule is C=C(CO)c1ccccc1[N+](=O)[O-]. The molecule has 0 atom stereocenters. The lowest BCUT2D eigenvalue weighted by molar-refractivity contribution is -0.385. The molecule has 0 saturated heterocycles. The Bertz CT molecular complexity index is 346. The minimum atomic E-state index is -0.490. The summed E-state index contributed by atoms with van der Waals surface area (Å²) in [7, 11) is 0. The Labute approximate surface area is 75.3 Å². The van der Waals surface area contributed by atoms with E-state index in [9.17, 15) is 10.1 Å². The second-order valence-electron chi connectivity index (χ2n) is 2.54. The van der Waals surface area contributed by atoms with E-state index in [0.717, 1.165) is 0 Å². The highest BCUT2D eigenvalue weighted by atomic mass is 16.6. The molecule has 4 heteroatoms. The third kappa shape index (κ3) is 1.91. The summed E-state index contributed by atoms with van der Waals surface area (Å²) in [5.74, 6) is 0. The zero-order chi connectivity index (χ0) is 9.84. The zero-order valence-electron chi connectivity index (χ0n) is 6.93. The van der Waals surface area contributed by atoms with Crippen molar-refractivity contribution in [1.82, 2.24) is 0 Å². The van der Waals surface area contributed by atoms with Crippen molar-refractivity contribution in [2.45, 2.75) is 0 Å². The van der Waals surface area contributed by atoms with Crippen LogP contribution in [0.4, 0.5) is 5.69 Å². The Morgan fingerprint density at radius 2 is 2.15 bits per heavy atom. The van der Waals surface area contributed by atoms with Crippen molar-refractivity contribution < 1.29 is 10.0 Å². The van der Waals surface area contributed by atoms with Crippen LogP contribution in [0.1, 0.15) is 5.56 Å². The van der Waals surface area contributed by atoms with Crippen LogP contribution in [0, 0.1) is 10.1 Å². The van der Waals surface area contributed by atoms with Crippen molar-refractivity contribution >= 4 is 11.3 Å². The monoisotopic (exact) mass is 179 g/mol. The fourth-order valence-electron chi connectivity index (χ4n) is 1.02. The van der Waals surface area contributed by atoms with Crippen LogP contribution in [0.15, 0.2) is 30.8 Å². The molecule has 0 fully saturated rings. The van der Waals surface area contributed by atoms with Crippen molar-refractivity contribution in [3.8, 4) is 0 Å². The number of aliphatic hydroxyl groups excluding tert-OH is 1. The Balaban J connectivity index is 3.19. The molecule has 68 valence electrons. The number of hydrogen-bond donors (Lipinski definition) is 1. The first kappa shape index (κ1) is 9.41. The largest absolute Gasteiger partial charge is 0.392 e. The molecule has 0 amide bonds. The summed E-state index contributed by atoms with van der Waals surface area (Å²) in [6, 6.07) is 6.20. The van der Waals surface area contributed by atoms with E-state index < -0.39 is 4.92 Å². The van der Waals surface area contributed by atoms with Crippen LogP contribution >= 0.6 is 0 Å². The summed E-state index contributed by atoms with van der Waals surface area (Å²) in [4.78, 5) is 10.0. The normalized spacial score (nSPS) is 9.62. The topological polar surface area (TPSA) is 63.4 Å². The van der Waals surface area contributed by atoms with Gasteiger partial charge >= 0.3 is 0 Å². The fraction of sp³-hybridized carbons (Fsp3) is 0.111. The van der Waals surface area contributed by atoms with Crippen molar-refractivity contribution in [2.75, 3.05) is 6.61 Å². The number of nitrogens with zero attached hydrogens (tertiary/aromatic N) is 1. The van der Waals surface area contributed by atoms with E-state index in [-0.39, 0.29) is 12.3 Å². The summed E-state index contributed by atoms with van der Waals surface area (Å²) in [6.45, 7) is 3.26. The first-order valence-corrected chi connectivity index (χ1v) is 3.69. The molecule has 1 N–H and O–H groups in total. The maximum atomic E-state index is 10.5. The number of para-hydroxylation sites is 1. The molecular weight excluding hydrogens is 170 g/mol. The molecule has 1 aromatic carbocycles. The lowest BCUT2D eigenvalue weighted by Crippen LogP contribution is -1.96. The molecule has 0 saturated carbocycles. The van der Waals surface area contributed by atoms with Gasteiger partial charge in [-0.1, -0.05) is 18.7 Å². The first-order valence-electron chi connectivity index (χ1n) is 3.69. The summed E-state index contributed by atoms with van der Waals surface area (Å²) < 4.78 is 0.